The number of hydrogen-bond acceptors (Lipinski definition) is 5. The molecular formula is C25H23N3O4S. The van der Waals surface area contributed by atoms with Crippen molar-refractivity contribution in [1.29, 1.82) is 0 Å². The van der Waals surface area contributed by atoms with Crippen molar-refractivity contribution in [2.24, 2.45) is 0 Å². The van der Waals surface area contributed by atoms with E-state index in [2.05, 4.69) is 10.3 Å². The van der Waals surface area contributed by atoms with Gasteiger partial charge < -0.3 is 9.73 Å². The monoisotopic (exact) mass is 461 g/mol. The molecule has 3 aromatic carbocycles. The number of nitrogens with zero attached hydrogens (tertiary/aromatic N) is 2. The van der Waals surface area contributed by atoms with Gasteiger partial charge in [0, 0.05) is 24.8 Å². The van der Waals surface area contributed by atoms with Crippen LogP contribution in [0, 0.1) is 6.92 Å². The highest BCUT2D eigenvalue weighted by Gasteiger charge is 2.22. The van der Waals surface area contributed by atoms with E-state index >= 15 is 0 Å². The van der Waals surface area contributed by atoms with Crippen LogP contribution < -0.4 is 5.32 Å². The summed E-state index contributed by atoms with van der Waals surface area (Å²) in [7, 11) is -2.14. The van der Waals surface area contributed by atoms with Crippen LogP contribution in [0.5, 0.6) is 0 Å². The van der Waals surface area contributed by atoms with Gasteiger partial charge in [-0.15, -0.1) is 0 Å². The van der Waals surface area contributed by atoms with Gasteiger partial charge in [0.2, 0.25) is 15.9 Å². The van der Waals surface area contributed by atoms with Gasteiger partial charge in [0.1, 0.15) is 5.76 Å². The summed E-state index contributed by atoms with van der Waals surface area (Å²) in [5.41, 5.74) is 2.29. The highest BCUT2D eigenvalue weighted by molar-refractivity contribution is 7.89. The summed E-state index contributed by atoms with van der Waals surface area (Å²) >= 11 is 0. The molecule has 0 aliphatic heterocycles. The fourth-order valence-corrected chi connectivity index (χ4v) is 4.48. The molecule has 0 saturated carbocycles. The van der Waals surface area contributed by atoms with Crippen molar-refractivity contribution in [2.75, 3.05) is 12.4 Å². The molecule has 0 fully saturated rings. The molecular weight excluding hydrogens is 438 g/mol. The second-order valence-corrected chi connectivity index (χ2v) is 9.56. The average molecular weight is 462 g/mol. The number of benzene rings is 3. The third-order valence-electron chi connectivity index (χ3n) is 5.10. The molecule has 1 amide bonds. The lowest BCUT2D eigenvalue weighted by Gasteiger charge is -2.17. The number of amides is 1. The van der Waals surface area contributed by atoms with E-state index in [1.54, 1.807) is 19.1 Å². The van der Waals surface area contributed by atoms with E-state index in [1.807, 2.05) is 60.7 Å². The van der Waals surface area contributed by atoms with E-state index < -0.39 is 15.9 Å². The molecule has 0 bridgehead atoms. The highest BCUT2D eigenvalue weighted by Crippen LogP contribution is 2.23. The zero-order chi connectivity index (χ0) is 23.4. The van der Waals surface area contributed by atoms with Crippen LogP contribution in [-0.2, 0) is 16.6 Å². The van der Waals surface area contributed by atoms with Gasteiger partial charge in [-0.2, -0.15) is 4.31 Å². The first-order chi connectivity index (χ1) is 15.8. The molecule has 0 aliphatic carbocycles. The van der Waals surface area contributed by atoms with Crippen LogP contribution >= 0.6 is 0 Å². The molecule has 0 aliphatic rings. The Hall–Kier alpha value is -3.75. The Balaban J connectivity index is 1.46. The molecule has 168 valence electrons. The van der Waals surface area contributed by atoms with Gasteiger partial charge in [-0.25, -0.2) is 13.4 Å². The summed E-state index contributed by atoms with van der Waals surface area (Å²) < 4.78 is 32.7. The molecule has 0 unspecified atom stereocenters. The van der Waals surface area contributed by atoms with Crippen LogP contribution in [0.25, 0.3) is 11.5 Å². The van der Waals surface area contributed by atoms with E-state index in [0.717, 1.165) is 11.1 Å². The highest BCUT2D eigenvalue weighted by atomic mass is 32.2. The Morgan fingerprint density at radius 1 is 0.939 bits per heavy atom. The summed E-state index contributed by atoms with van der Waals surface area (Å²) in [6, 6.07) is 24.7. The Morgan fingerprint density at radius 3 is 2.18 bits per heavy atom. The van der Waals surface area contributed by atoms with Gasteiger partial charge >= 0.3 is 0 Å². The van der Waals surface area contributed by atoms with E-state index in [1.165, 1.54) is 23.5 Å². The maximum Gasteiger partial charge on any atom is 0.277 e. The molecule has 8 heteroatoms. The molecule has 33 heavy (non-hydrogen) atoms. The predicted octanol–water partition coefficient (Wildman–Crippen LogP) is 4.72. The molecule has 1 aromatic heterocycles. The Labute approximate surface area is 192 Å². The Kier molecular flexibility index (Phi) is 6.39. The third-order valence-corrected chi connectivity index (χ3v) is 6.92. The molecule has 0 radical (unpaired) electrons. The number of aryl methyl sites for hydroxylation is 1. The van der Waals surface area contributed by atoms with Crippen molar-refractivity contribution >= 4 is 21.6 Å². The smallest absolute Gasteiger partial charge is 0.277 e. The largest absolute Gasteiger partial charge is 0.441 e. The minimum absolute atomic E-state index is 0.142. The van der Waals surface area contributed by atoms with E-state index in [0.29, 0.717) is 17.3 Å². The average Bonchev–Trinajstić information content (AvgIpc) is 3.22. The molecule has 0 spiro atoms. The minimum atomic E-state index is -3.68. The van der Waals surface area contributed by atoms with Gasteiger partial charge in [0.15, 0.2) is 5.69 Å². The molecule has 4 aromatic rings. The van der Waals surface area contributed by atoms with Crippen LogP contribution in [0.4, 0.5) is 5.69 Å². The van der Waals surface area contributed by atoms with Gasteiger partial charge in [-0.05, 0) is 48.9 Å². The number of carbonyl (C=O) groups is 1. The number of anilines is 1. The van der Waals surface area contributed by atoms with E-state index in [4.69, 9.17) is 4.42 Å². The summed E-state index contributed by atoms with van der Waals surface area (Å²) in [6.45, 7) is 1.93. The van der Waals surface area contributed by atoms with Crippen molar-refractivity contribution in [2.45, 2.75) is 18.4 Å². The van der Waals surface area contributed by atoms with Gasteiger partial charge in [-0.3, -0.25) is 4.79 Å². The zero-order valence-corrected chi connectivity index (χ0v) is 19.0. The number of nitrogens with one attached hydrogen (secondary N) is 1. The topological polar surface area (TPSA) is 92.5 Å². The number of oxazole rings is 1. The summed E-state index contributed by atoms with van der Waals surface area (Å²) in [5.74, 6) is 0.324. The first kappa shape index (κ1) is 22.4. The second-order valence-electron chi connectivity index (χ2n) is 7.52. The number of carbonyl (C=O) groups excluding carboxylic acids is 1. The predicted molar refractivity (Wildman–Crippen MR) is 126 cm³/mol. The first-order valence-corrected chi connectivity index (χ1v) is 11.7. The molecule has 4 rings (SSSR count). The van der Waals surface area contributed by atoms with Crippen LogP contribution in [0.3, 0.4) is 0 Å². The van der Waals surface area contributed by atoms with Crippen LogP contribution in [0.1, 0.15) is 21.8 Å². The number of aromatic nitrogens is 1. The third kappa shape index (κ3) is 5.02. The molecule has 1 N–H and O–H groups in total. The fraction of sp³-hybridized carbons (Fsp3) is 0.120. The molecule has 1 heterocycles. The van der Waals surface area contributed by atoms with Crippen molar-refractivity contribution in [3.63, 3.8) is 0 Å². The lowest BCUT2D eigenvalue weighted by molar-refractivity contribution is 0.102. The van der Waals surface area contributed by atoms with Crippen LogP contribution in [0.2, 0.25) is 0 Å². The van der Waals surface area contributed by atoms with Gasteiger partial charge in [0.05, 0.1) is 4.90 Å². The second kappa shape index (κ2) is 9.40. The quantitative estimate of drug-likeness (QED) is 0.430. The van der Waals surface area contributed by atoms with Crippen LogP contribution in [-0.4, -0.2) is 30.7 Å². The van der Waals surface area contributed by atoms with Crippen LogP contribution in [0.15, 0.2) is 94.2 Å². The lowest BCUT2D eigenvalue weighted by Crippen LogP contribution is -2.26. The number of rotatable bonds is 7. The fourth-order valence-electron chi connectivity index (χ4n) is 3.32. The number of sulfonamides is 1. The summed E-state index contributed by atoms with van der Waals surface area (Å²) in [6.07, 6.45) is 0. The first-order valence-electron chi connectivity index (χ1n) is 10.3. The Morgan fingerprint density at radius 2 is 1.55 bits per heavy atom. The van der Waals surface area contributed by atoms with Crippen molar-refractivity contribution in [3.8, 4) is 11.5 Å². The summed E-state index contributed by atoms with van der Waals surface area (Å²) in [5, 5.41) is 2.74. The van der Waals surface area contributed by atoms with E-state index in [-0.39, 0.29) is 17.1 Å². The normalized spacial score (nSPS) is 11.5. The molecule has 7 nitrogen and oxygen atoms in total. The van der Waals surface area contributed by atoms with Gasteiger partial charge in [-0.1, -0.05) is 48.5 Å². The van der Waals surface area contributed by atoms with Crippen molar-refractivity contribution in [3.05, 3.63) is 102 Å². The summed E-state index contributed by atoms with van der Waals surface area (Å²) in [4.78, 5) is 17.2. The maximum absolute atomic E-state index is 12.9. The maximum atomic E-state index is 12.9. The molecule has 0 atom stereocenters. The SMILES string of the molecule is Cc1oc(-c2ccccc2)nc1C(=O)Nc1ccc(S(=O)(=O)N(C)Cc2ccccc2)cc1. The standard InChI is InChI=1S/C25H23N3O4S/c1-18-23(27-25(32-18)20-11-7-4-8-12-20)24(29)26-21-13-15-22(16-14-21)33(30,31)28(2)17-19-9-5-3-6-10-19/h3-16H,17H2,1-2H3,(H,26,29). The lowest BCUT2D eigenvalue weighted by atomic mass is 10.2. The van der Waals surface area contributed by atoms with Crippen molar-refractivity contribution in [1.82, 2.24) is 9.29 Å². The van der Waals surface area contributed by atoms with E-state index in [9.17, 15) is 13.2 Å². The van der Waals surface area contributed by atoms with Crippen molar-refractivity contribution < 1.29 is 17.6 Å². The number of hydrogen-bond donors (Lipinski definition) is 1. The Bertz CT molecular complexity index is 1350. The molecule has 0 saturated heterocycles. The zero-order valence-electron chi connectivity index (χ0n) is 18.2. The van der Waals surface area contributed by atoms with Gasteiger partial charge in [0.25, 0.3) is 5.91 Å². The minimum Gasteiger partial charge on any atom is -0.441 e.